The molecule has 0 spiro atoms. The number of carbonyl (C=O) groups is 1. The molecule has 2 heterocycles. The van der Waals surface area contributed by atoms with Gasteiger partial charge in [-0.2, -0.15) is 15.8 Å². The van der Waals surface area contributed by atoms with Crippen molar-refractivity contribution >= 4 is 51.5 Å². The van der Waals surface area contributed by atoms with E-state index < -0.39 is 16.6 Å². The number of Topliss-reactive ketones (excluding diaryl/α,β-unsaturated/α-hetero) is 1. The number of aryl methyl sites for hydroxylation is 4. The minimum Gasteiger partial charge on any atom is -0.378 e. The standard InChI is InChI=1S/C87H85N5OS2/c1-8-12-16-20-24-58-28-38-65(39-29-58)86(66-40-30-59(31-41-66)25-21-17-13-9-2)76-52-74-77(51-73(76)84-78(86)50-70(94-84)49-75-82(64(56-89)57-90)71-48-63(55-88)80(91-5)53-72(71)83(75)93)87(67-42-32-60(33-43-67)26-22-18-14-10-3,68-44-34-61(35-45-68)27-23-19-15-11-4)79-54-81(95-85(74)79)62-36-46-69(47-37-62)92(6)7/h28-54H,8-27H2,1-4,6-7H3/b75-49-. The molecular formula is C87H85N5OS2. The van der Waals surface area contributed by atoms with Crippen LogP contribution in [0.15, 0.2) is 169 Å². The van der Waals surface area contributed by atoms with Crippen LogP contribution in [0.1, 0.15) is 224 Å². The number of fused-ring (bicyclic) bond motifs is 7. The fourth-order valence-corrected chi connectivity index (χ4v) is 17.8. The summed E-state index contributed by atoms with van der Waals surface area (Å²) in [6.45, 7) is 17.0. The summed E-state index contributed by atoms with van der Waals surface area (Å²) >= 11 is 3.54. The molecule has 9 aromatic rings. The van der Waals surface area contributed by atoms with Gasteiger partial charge in [0.15, 0.2) is 5.78 Å². The highest BCUT2D eigenvalue weighted by Crippen LogP contribution is 2.66. The van der Waals surface area contributed by atoms with Crippen molar-refractivity contribution in [2.45, 2.75) is 167 Å². The Balaban J connectivity index is 1.15. The number of carbonyl (C=O) groups excluding carboxylic acids is 1. The van der Waals surface area contributed by atoms with Gasteiger partial charge in [-0.25, -0.2) is 4.85 Å². The summed E-state index contributed by atoms with van der Waals surface area (Å²) in [6.07, 6.45) is 25.0. The number of anilines is 1. The Labute approximate surface area is 572 Å². The number of hydrogen-bond acceptors (Lipinski definition) is 7. The van der Waals surface area contributed by atoms with Crippen LogP contribution in [0.5, 0.6) is 0 Å². The van der Waals surface area contributed by atoms with Gasteiger partial charge in [-0.3, -0.25) is 4.79 Å². The Morgan fingerprint density at radius 2 is 0.905 bits per heavy atom. The number of benzene rings is 7. The van der Waals surface area contributed by atoms with Crippen molar-refractivity contribution in [2.24, 2.45) is 0 Å². The van der Waals surface area contributed by atoms with Crippen LogP contribution in [0.2, 0.25) is 0 Å². The number of rotatable bonds is 27. The molecule has 0 N–H and O–H groups in total. The molecule has 7 aromatic carbocycles. The number of unbranched alkanes of at least 4 members (excludes halogenated alkanes) is 12. The minimum absolute atomic E-state index is 0.0515. The zero-order valence-electron chi connectivity index (χ0n) is 56.2. The molecule has 476 valence electrons. The fourth-order valence-electron chi connectivity index (χ4n) is 15.3. The average molecular weight is 1280 g/mol. The molecule has 0 saturated heterocycles. The molecule has 0 bridgehead atoms. The molecule has 0 unspecified atom stereocenters. The van der Waals surface area contributed by atoms with Crippen LogP contribution in [-0.4, -0.2) is 19.9 Å². The summed E-state index contributed by atoms with van der Waals surface area (Å²) in [4.78, 5) is 25.2. The lowest BCUT2D eigenvalue weighted by molar-refractivity contribution is 0.104. The maximum Gasteiger partial charge on any atom is 0.205 e. The van der Waals surface area contributed by atoms with Gasteiger partial charge in [-0.1, -0.05) is 214 Å². The summed E-state index contributed by atoms with van der Waals surface area (Å²) in [7, 11) is 4.19. The van der Waals surface area contributed by atoms with Crippen LogP contribution >= 0.6 is 22.7 Å². The lowest BCUT2D eigenvalue weighted by Gasteiger charge is -2.35. The van der Waals surface area contributed by atoms with Crippen LogP contribution in [0, 0.1) is 40.6 Å². The molecule has 0 aliphatic heterocycles. The van der Waals surface area contributed by atoms with E-state index in [-0.39, 0.29) is 33.5 Å². The largest absolute Gasteiger partial charge is 0.378 e. The van der Waals surface area contributed by atoms with E-state index in [0.29, 0.717) is 5.56 Å². The zero-order chi connectivity index (χ0) is 66.2. The van der Waals surface area contributed by atoms with Crippen molar-refractivity contribution in [1.82, 2.24) is 0 Å². The van der Waals surface area contributed by atoms with Gasteiger partial charge in [0, 0.05) is 56.0 Å². The van der Waals surface area contributed by atoms with Crippen LogP contribution in [0.25, 0.3) is 47.8 Å². The van der Waals surface area contributed by atoms with Gasteiger partial charge in [0.2, 0.25) is 5.69 Å². The first-order chi connectivity index (χ1) is 46.5. The number of hydrogen-bond donors (Lipinski definition) is 0. The lowest BCUT2D eigenvalue weighted by atomic mass is 9.65. The van der Waals surface area contributed by atoms with E-state index in [9.17, 15) is 15.8 Å². The van der Waals surface area contributed by atoms with Crippen molar-refractivity contribution in [3.8, 4) is 49.5 Å². The lowest BCUT2D eigenvalue weighted by Crippen LogP contribution is -2.30. The van der Waals surface area contributed by atoms with Gasteiger partial charge < -0.3 is 4.90 Å². The number of nitriles is 3. The average Bonchev–Trinajstić information content (AvgIpc) is 1.51. The molecule has 6 nitrogen and oxygen atoms in total. The van der Waals surface area contributed by atoms with Crippen molar-refractivity contribution < 1.29 is 4.79 Å². The first-order valence-corrected chi connectivity index (χ1v) is 36.5. The van der Waals surface area contributed by atoms with Crippen LogP contribution in [0.3, 0.4) is 0 Å². The van der Waals surface area contributed by atoms with Crippen LogP contribution in [-0.2, 0) is 36.5 Å². The smallest absolute Gasteiger partial charge is 0.205 e. The molecule has 95 heavy (non-hydrogen) atoms. The highest BCUT2D eigenvalue weighted by atomic mass is 32.1. The van der Waals surface area contributed by atoms with Crippen molar-refractivity contribution in [2.75, 3.05) is 19.0 Å². The molecule has 0 atom stereocenters. The van der Waals surface area contributed by atoms with E-state index in [2.05, 4.69) is 215 Å². The highest BCUT2D eigenvalue weighted by Gasteiger charge is 2.53. The third-order valence-corrected chi connectivity index (χ3v) is 22.7. The Bertz CT molecular complexity index is 4420. The zero-order valence-corrected chi connectivity index (χ0v) is 57.8. The summed E-state index contributed by atoms with van der Waals surface area (Å²) < 4.78 is 0. The molecule has 0 saturated carbocycles. The first kappa shape index (κ1) is 65.9. The molecule has 0 amide bonds. The highest BCUT2D eigenvalue weighted by molar-refractivity contribution is 7.19. The van der Waals surface area contributed by atoms with Crippen LogP contribution < -0.4 is 4.90 Å². The second-order valence-electron chi connectivity index (χ2n) is 26.7. The fraction of sp³-hybridized carbons (Fsp3) is 0.322. The van der Waals surface area contributed by atoms with E-state index in [4.69, 9.17) is 6.57 Å². The van der Waals surface area contributed by atoms with Gasteiger partial charge >= 0.3 is 0 Å². The van der Waals surface area contributed by atoms with Crippen LogP contribution in [0.4, 0.5) is 11.4 Å². The van der Waals surface area contributed by atoms with Gasteiger partial charge in [-0.05, 0) is 195 Å². The maximum absolute atomic E-state index is 15.0. The van der Waals surface area contributed by atoms with E-state index >= 15 is 4.79 Å². The van der Waals surface area contributed by atoms with Gasteiger partial charge in [0.1, 0.15) is 17.7 Å². The molecule has 0 fully saturated rings. The molecule has 3 aliphatic rings. The molecule has 12 rings (SSSR count). The molecule has 8 heteroatoms. The maximum atomic E-state index is 15.0. The molecule has 2 aromatic heterocycles. The van der Waals surface area contributed by atoms with Crippen molar-refractivity contribution in [3.05, 3.63) is 269 Å². The predicted molar refractivity (Wildman–Crippen MR) is 396 cm³/mol. The second-order valence-corrected chi connectivity index (χ2v) is 28.8. The Hall–Kier alpha value is -9.15. The van der Waals surface area contributed by atoms with E-state index in [0.717, 1.165) is 89.1 Å². The number of thiophene rings is 2. The second kappa shape index (κ2) is 29.2. The van der Waals surface area contributed by atoms with Crippen molar-refractivity contribution in [3.63, 3.8) is 0 Å². The number of ketones is 1. The van der Waals surface area contributed by atoms with Gasteiger partial charge in [-0.15, -0.1) is 22.7 Å². The molecular weight excluding hydrogens is 1200 g/mol. The summed E-state index contributed by atoms with van der Waals surface area (Å²) in [5.74, 6) is -0.391. The van der Waals surface area contributed by atoms with Gasteiger partial charge in [0.05, 0.1) is 29.0 Å². The summed E-state index contributed by atoms with van der Waals surface area (Å²) in [5, 5.41) is 31.4. The Morgan fingerprint density at radius 3 is 1.29 bits per heavy atom. The number of allylic oxidation sites excluding steroid dienone is 3. The number of nitrogens with zero attached hydrogens (tertiary/aromatic N) is 5. The molecule has 0 radical (unpaired) electrons. The minimum atomic E-state index is -0.848. The summed E-state index contributed by atoms with van der Waals surface area (Å²) in [5.41, 5.74) is 18.9. The predicted octanol–water partition coefficient (Wildman–Crippen LogP) is 23.3. The monoisotopic (exact) mass is 1280 g/mol. The molecule has 3 aliphatic carbocycles. The van der Waals surface area contributed by atoms with E-state index in [1.54, 1.807) is 11.3 Å². The van der Waals surface area contributed by atoms with Crippen molar-refractivity contribution in [1.29, 1.82) is 15.8 Å². The normalized spacial score (nSPS) is 13.9. The Kier molecular flexibility index (Phi) is 20.3. The van der Waals surface area contributed by atoms with Gasteiger partial charge in [0.25, 0.3) is 0 Å². The summed E-state index contributed by atoms with van der Waals surface area (Å²) in [6, 6.07) is 66.4. The first-order valence-electron chi connectivity index (χ1n) is 34.9. The Morgan fingerprint density at radius 1 is 0.484 bits per heavy atom. The third kappa shape index (κ3) is 12.4. The van der Waals surface area contributed by atoms with E-state index in [1.807, 2.05) is 17.4 Å². The van der Waals surface area contributed by atoms with E-state index in [1.165, 1.54) is 160 Å². The quantitative estimate of drug-likeness (QED) is 0.0221. The third-order valence-electron chi connectivity index (χ3n) is 20.4. The topological polar surface area (TPSA) is 96.0 Å². The SMILES string of the molecule is [C-]#[N+]c1cc2c(cc1C#N)C(=C(C#N)C#N)/C(=C/c1cc3c(s1)-c1cc4c(cc1C3(c1ccc(CCCCCC)cc1)c1ccc(CCCCCC)cc1)-c1sc(-c3ccc(N(C)C)cc3)cc1C4(c1ccc(CCCCCC)cc1)c1ccc(CCCCCC)cc1)C2=O.